The van der Waals surface area contributed by atoms with E-state index in [-0.39, 0.29) is 79.1 Å². The van der Waals surface area contributed by atoms with E-state index in [1.165, 1.54) is 42.3 Å². The van der Waals surface area contributed by atoms with Crippen LogP contribution in [0.3, 0.4) is 0 Å². The SMILES string of the molecule is Cc1ccccc1CNC(=O)c1cc2cc(c1)C(=O)N(C)CC(=O)N[C@@H]1CN(C(=O)C3CCS(=O)(=O)CC3)CC[C@@H]1OCc1cc(F)cc(c1)O2. The van der Waals surface area contributed by atoms with Crippen LogP contribution in [0, 0.1) is 18.7 Å². The van der Waals surface area contributed by atoms with E-state index in [0.717, 1.165) is 11.1 Å². The van der Waals surface area contributed by atoms with Gasteiger partial charge in [-0.05, 0) is 73.2 Å². The molecule has 3 aromatic carbocycles. The van der Waals surface area contributed by atoms with E-state index < -0.39 is 51.4 Å². The fraction of sp³-hybridized carbons (Fsp3) is 0.405. The van der Waals surface area contributed by atoms with Crippen molar-refractivity contribution in [1.29, 1.82) is 0 Å². The van der Waals surface area contributed by atoms with Crippen molar-refractivity contribution in [3.63, 3.8) is 0 Å². The van der Waals surface area contributed by atoms with Gasteiger partial charge in [0, 0.05) is 49.8 Å². The molecule has 3 aromatic rings. The van der Waals surface area contributed by atoms with E-state index in [0.29, 0.717) is 18.5 Å². The maximum Gasteiger partial charge on any atom is 0.254 e. The molecule has 3 aliphatic heterocycles. The average Bonchev–Trinajstić information content (AvgIpc) is 3.09. The molecule has 0 aromatic heterocycles. The van der Waals surface area contributed by atoms with Gasteiger partial charge in [-0.15, -0.1) is 0 Å². The molecule has 2 atom stereocenters. The number of nitrogens with zero attached hydrogens (tertiary/aromatic N) is 2. The number of hydrogen-bond acceptors (Lipinski definition) is 8. The first kappa shape index (κ1) is 36.0. The topological polar surface area (TPSA) is 151 Å². The van der Waals surface area contributed by atoms with Crippen molar-refractivity contribution in [2.45, 2.75) is 51.5 Å². The smallest absolute Gasteiger partial charge is 0.254 e. The van der Waals surface area contributed by atoms with Crippen LogP contribution < -0.4 is 15.4 Å². The fourth-order valence-corrected chi connectivity index (χ4v) is 8.22. The van der Waals surface area contributed by atoms with E-state index in [4.69, 9.17) is 9.47 Å². The number of benzene rings is 3. The summed E-state index contributed by atoms with van der Waals surface area (Å²) in [5, 5.41) is 5.81. The largest absolute Gasteiger partial charge is 0.457 e. The Bertz CT molecular complexity index is 1940. The number of likely N-dealkylation sites (N-methyl/N-ethyl adjacent to an activating group) is 1. The second kappa shape index (κ2) is 15.2. The van der Waals surface area contributed by atoms with Gasteiger partial charge in [0.05, 0.1) is 36.8 Å². The molecule has 51 heavy (non-hydrogen) atoms. The second-order valence-electron chi connectivity index (χ2n) is 13.4. The molecule has 0 saturated carbocycles. The molecule has 2 saturated heterocycles. The Labute approximate surface area is 296 Å². The molecule has 0 spiro atoms. The third-order valence-electron chi connectivity index (χ3n) is 9.59. The maximum atomic E-state index is 14.9. The summed E-state index contributed by atoms with van der Waals surface area (Å²) >= 11 is 0. The zero-order valence-electron chi connectivity index (χ0n) is 28.5. The highest BCUT2D eigenvalue weighted by Crippen LogP contribution is 2.29. The highest BCUT2D eigenvalue weighted by atomic mass is 32.2. The number of carbonyl (C=O) groups is 4. The van der Waals surface area contributed by atoms with E-state index in [1.54, 1.807) is 11.0 Å². The number of ether oxygens (including phenoxy) is 2. The summed E-state index contributed by atoms with van der Waals surface area (Å²) in [6, 6.07) is 15.4. The minimum Gasteiger partial charge on any atom is -0.457 e. The molecule has 0 aliphatic carbocycles. The van der Waals surface area contributed by atoms with Crippen LogP contribution in [0.15, 0.2) is 60.7 Å². The first-order valence-corrected chi connectivity index (χ1v) is 18.8. The van der Waals surface area contributed by atoms with Gasteiger partial charge >= 0.3 is 0 Å². The summed E-state index contributed by atoms with van der Waals surface area (Å²) in [5.41, 5.74) is 2.59. The summed E-state index contributed by atoms with van der Waals surface area (Å²) in [6.45, 7) is 2.29. The number of halogens is 1. The van der Waals surface area contributed by atoms with Crippen LogP contribution in [0.2, 0.25) is 0 Å². The summed E-state index contributed by atoms with van der Waals surface area (Å²) in [5.74, 6) is -2.51. The van der Waals surface area contributed by atoms with E-state index >= 15 is 0 Å². The van der Waals surface area contributed by atoms with Crippen LogP contribution in [0.5, 0.6) is 11.5 Å². The second-order valence-corrected chi connectivity index (χ2v) is 15.7. The first-order valence-electron chi connectivity index (χ1n) is 16.9. The molecule has 270 valence electrons. The van der Waals surface area contributed by atoms with Gasteiger partial charge in [-0.3, -0.25) is 19.2 Å². The molecule has 3 heterocycles. The predicted octanol–water partition coefficient (Wildman–Crippen LogP) is 3.37. The number of nitrogens with one attached hydrogen (secondary N) is 2. The highest BCUT2D eigenvalue weighted by molar-refractivity contribution is 7.91. The summed E-state index contributed by atoms with van der Waals surface area (Å²) < 4.78 is 51.0. The van der Waals surface area contributed by atoms with Crippen LogP contribution in [-0.2, 0) is 37.3 Å². The van der Waals surface area contributed by atoms with Gasteiger partial charge in [0.25, 0.3) is 11.8 Å². The minimum atomic E-state index is -3.15. The van der Waals surface area contributed by atoms with Crippen molar-refractivity contribution in [1.82, 2.24) is 20.4 Å². The third kappa shape index (κ3) is 8.92. The monoisotopic (exact) mass is 720 g/mol. The number of piperidine rings is 1. The van der Waals surface area contributed by atoms with Gasteiger partial charge in [-0.25, -0.2) is 12.8 Å². The van der Waals surface area contributed by atoms with Crippen LogP contribution in [0.25, 0.3) is 0 Å². The normalized spacial score (nSPS) is 21.2. The lowest BCUT2D eigenvalue weighted by Gasteiger charge is -2.40. The van der Waals surface area contributed by atoms with Crippen LogP contribution in [0.4, 0.5) is 4.39 Å². The Kier molecular flexibility index (Phi) is 10.7. The summed E-state index contributed by atoms with van der Waals surface area (Å²) in [7, 11) is -1.69. The van der Waals surface area contributed by atoms with Crippen molar-refractivity contribution >= 4 is 33.5 Å². The van der Waals surface area contributed by atoms with Gasteiger partial charge < -0.3 is 29.9 Å². The molecule has 2 fully saturated rings. The molecule has 6 rings (SSSR count). The maximum absolute atomic E-state index is 14.9. The Hall–Kier alpha value is -4.82. The Balaban J connectivity index is 1.25. The molecule has 0 unspecified atom stereocenters. The van der Waals surface area contributed by atoms with Crippen molar-refractivity contribution in [2.75, 3.05) is 38.2 Å². The number of hydrogen-bond donors (Lipinski definition) is 2. The minimum absolute atomic E-state index is 0.0232. The lowest BCUT2D eigenvalue weighted by atomic mass is 9.96. The molecule has 0 radical (unpaired) electrons. The van der Waals surface area contributed by atoms with Gasteiger partial charge in [0.1, 0.15) is 27.2 Å². The van der Waals surface area contributed by atoms with Crippen LogP contribution in [0.1, 0.15) is 56.7 Å². The van der Waals surface area contributed by atoms with Crippen molar-refractivity contribution in [2.24, 2.45) is 5.92 Å². The molecule has 2 N–H and O–H groups in total. The van der Waals surface area contributed by atoms with Gasteiger partial charge in [-0.1, -0.05) is 24.3 Å². The zero-order valence-corrected chi connectivity index (χ0v) is 29.3. The molecule has 14 heteroatoms. The van der Waals surface area contributed by atoms with Gasteiger partial charge in [0.2, 0.25) is 11.8 Å². The third-order valence-corrected chi connectivity index (χ3v) is 11.3. The fourth-order valence-electron chi connectivity index (χ4n) is 6.72. The number of rotatable bonds is 4. The summed E-state index contributed by atoms with van der Waals surface area (Å²) in [4.78, 5) is 56.7. The number of carbonyl (C=O) groups excluding carboxylic acids is 4. The average molecular weight is 721 g/mol. The quantitative estimate of drug-likeness (QED) is 0.417. The number of likely N-dealkylation sites (tertiary alicyclic amines) is 1. The Morgan fingerprint density at radius 3 is 2.51 bits per heavy atom. The summed E-state index contributed by atoms with van der Waals surface area (Å²) in [6.07, 6.45) is 0.333. The predicted molar refractivity (Wildman–Crippen MR) is 185 cm³/mol. The number of aryl methyl sites for hydroxylation is 1. The molecule has 4 amide bonds. The first-order chi connectivity index (χ1) is 24.3. The standard InChI is InChI=1S/C37H41FN4O8S/c1-23-5-3-4-6-26(23)19-39-35(44)27-15-28-17-31(16-27)50-30-14-24(13-29(38)18-30)22-49-33-7-10-42(37(46)25-8-11-51(47,48)12-9-25)20-32(33)40-34(43)21-41(2)36(28)45/h3-6,13-18,25,32-33H,7-12,19-22H2,1-2H3,(H,39,44)(H,40,43)/t32-,33+/m1/s1. The van der Waals surface area contributed by atoms with Crippen molar-refractivity contribution in [3.8, 4) is 11.5 Å². The van der Waals surface area contributed by atoms with Crippen molar-refractivity contribution in [3.05, 3.63) is 94.3 Å². The van der Waals surface area contributed by atoms with Crippen LogP contribution in [-0.4, -0.2) is 92.2 Å². The lowest BCUT2D eigenvalue weighted by molar-refractivity contribution is -0.141. The number of sulfone groups is 1. The number of amides is 4. The van der Waals surface area contributed by atoms with Crippen molar-refractivity contribution < 1.29 is 41.5 Å². The van der Waals surface area contributed by atoms with Gasteiger partial charge in [-0.2, -0.15) is 0 Å². The Morgan fingerprint density at radius 1 is 1.00 bits per heavy atom. The van der Waals surface area contributed by atoms with E-state index in [1.807, 2.05) is 31.2 Å². The van der Waals surface area contributed by atoms with E-state index in [2.05, 4.69) is 10.6 Å². The molecule has 12 nitrogen and oxygen atoms in total. The number of fused-ring (bicyclic) bond motifs is 5. The molecule has 4 bridgehead atoms. The highest BCUT2D eigenvalue weighted by Gasteiger charge is 2.37. The Morgan fingerprint density at radius 2 is 1.75 bits per heavy atom. The zero-order chi connectivity index (χ0) is 36.3. The van der Waals surface area contributed by atoms with Gasteiger partial charge in [0.15, 0.2) is 0 Å². The molecular formula is C37H41FN4O8S. The lowest BCUT2D eigenvalue weighted by Crippen LogP contribution is -2.59. The van der Waals surface area contributed by atoms with E-state index in [9.17, 15) is 32.0 Å². The molecular weight excluding hydrogens is 679 g/mol. The van der Waals surface area contributed by atoms with Crippen LogP contribution >= 0.6 is 0 Å². The molecule has 3 aliphatic rings.